The summed E-state index contributed by atoms with van der Waals surface area (Å²) in [7, 11) is 0. The fourth-order valence-corrected chi connectivity index (χ4v) is 1.96. The van der Waals surface area contributed by atoms with Crippen LogP contribution in [0.3, 0.4) is 0 Å². The Balaban J connectivity index is 3.38. The monoisotopic (exact) mass is 245 g/mol. The molecule has 0 spiro atoms. The molecule has 15 heavy (non-hydrogen) atoms. The van der Waals surface area contributed by atoms with Crippen LogP contribution in [-0.2, 0) is 0 Å². The smallest absolute Gasteiger partial charge is 0.183 e. The number of hydrogen-bond donors (Lipinski definition) is 1. The zero-order chi connectivity index (χ0) is 11.4. The van der Waals surface area contributed by atoms with E-state index in [4.69, 9.17) is 5.26 Å². The molecule has 0 atom stereocenters. The van der Waals surface area contributed by atoms with Crippen LogP contribution in [0.4, 0.5) is 0 Å². The van der Waals surface area contributed by atoms with Gasteiger partial charge in [0.05, 0.1) is 0 Å². The quantitative estimate of drug-likeness (QED) is 0.246. The minimum absolute atomic E-state index is 0.724. The Morgan fingerprint density at radius 1 is 1.27 bits per heavy atom. The van der Waals surface area contributed by atoms with Gasteiger partial charge in [0.15, 0.2) is 11.4 Å². The van der Waals surface area contributed by atoms with E-state index in [1.807, 2.05) is 24.2 Å². The van der Waals surface area contributed by atoms with Crippen LogP contribution in [0.2, 0.25) is 0 Å². The second-order valence-corrected chi connectivity index (χ2v) is 4.82. The molecule has 0 bridgehead atoms. The number of unbranched alkanes of at least 4 members (excludes halogenated alkanes) is 3. The van der Waals surface area contributed by atoms with Crippen LogP contribution in [-0.4, -0.2) is 30.0 Å². The molecule has 0 saturated carbocycles. The molecule has 0 fully saturated rings. The molecule has 0 aromatic heterocycles. The number of nitriles is 1. The molecule has 0 amide bonds. The molecule has 0 aromatic rings. The summed E-state index contributed by atoms with van der Waals surface area (Å²) in [5.74, 6) is 1.26. The molecule has 0 unspecified atom stereocenters. The van der Waals surface area contributed by atoms with Gasteiger partial charge < -0.3 is 0 Å². The van der Waals surface area contributed by atoms with Crippen LogP contribution in [0, 0.1) is 11.5 Å². The van der Waals surface area contributed by atoms with Crippen LogP contribution in [0.25, 0.3) is 0 Å². The van der Waals surface area contributed by atoms with Gasteiger partial charge in [-0.15, -0.1) is 0 Å². The van der Waals surface area contributed by atoms with Crippen LogP contribution >= 0.6 is 23.5 Å². The number of nitrogens with one attached hydrogen (secondary N) is 1. The van der Waals surface area contributed by atoms with E-state index in [1.54, 1.807) is 0 Å². The Hall–Kier alpha value is -0.340. The van der Waals surface area contributed by atoms with Gasteiger partial charge in [0.1, 0.15) is 0 Å². The number of aliphatic imine (C=N–C) groups is 1. The maximum atomic E-state index is 8.41. The number of hydrogen-bond acceptors (Lipinski definition) is 4. The molecular weight excluding hydrogens is 226 g/mol. The lowest BCUT2D eigenvalue weighted by Gasteiger charge is -2.00. The van der Waals surface area contributed by atoms with Crippen molar-refractivity contribution in [1.29, 1.82) is 5.26 Å². The average Bonchev–Trinajstić information content (AvgIpc) is 2.26. The predicted molar refractivity (Wildman–Crippen MR) is 71.4 cm³/mol. The maximum Gasteiger partial charge on any atom is 0.183 e. The molecule has 0 aromatic carbocycles. The first-order valence-electron chi connectivity index (χ1n) is 5.07. The second kappa shape index (κ2) is 11.7. The molecule has 86 valence electrons. The lowest BCUT2D eigenvalue weighted by Crippen LogP contribution is -2.13. The third-order valence-corrected chi connectivity index (χ3v) is 3.18. The number of thioether (sulfide) groups is 2. The zero-order valence-electron chi connectivity index (χ0n) is 9.45. The number of amidine groups is 1. The standard InChI is InChI=1S/C10H19N3S2/c1-14-8-6-4-3-5-7-12-10(15-2)13-9-11/h3-8H2,1-2H3,(H,12,13). The van der Waals surface area contributed by atoms with Crippen molar-refractivity contribution in [3.05, 3.63) is 0 Å². The second-order valence-electron chi connectivity index (χ2n) is 3.03. The minimum atomic E-state index is 0.724. The van der Waals surface area contributed by atoms with Gasteiger partial charge in [-0.25, -0.2) is 0 Å². The summed E-state index contributed by atoms with van der Waals surface area (Å²) in [5, 5.41) is 11.7. The summed E-state index contributed by atoms with van der Waals surface area (Å²) < 4.78 is 0. The average molecular weight is 245 g/mol. The van der Waals surface area contributed by atoms with Gasteiger partial charge in [0.25, 0.3) is 0 Å². The van der Waals surface area contributed by atoms with Crippen molar-refractivity contribution in [3.8, 4) is 6.19 Å². The van der Waals surface area contributed by atoms with Crippen molar-refractivity contribution in [3.63, 3.8) is 0 Å². The summed E-state index contributed by atoms with van der Waals surface area (Å²) in [6.07, 6.45) is 10.9. The molecule has 0 aliphatic heterocycles. The molecule has 0 aliphatic carbocycles. The highest BCUT2D eigenvalue weighted by Crippen LogP contribution is 2.05. The van der Waals surface area contributed by atoms with Gasteiger partial charge in [-0.1, -0.05) is 24.6 Å². The highest BCUT2D eigenvalue weighted by Gasteiger charge is 1.93. The van der Waals surface area contributed by atoms with Crippen LogP contribution < -0.4 is 5.32 Å². The molecule has 0 aliphatic rings. The Morgan fingerprint density at radius 2 is 2.00 bits per heavy atom. The molecule has 5 heteroatoms. The number of nitrogens with zero attached hydrogens (tertiary/aromatic N) is 2. The Bertz CT molecular complexity index is 211. The summed E-state index contributed by atoms with van der Waals surface area (Å²) in [4.78, 5) is 4.29. The van der Waals surface area contributed by atoms with Crippen molar-refractivity contribution in [2.75, 3.05) is 24.8 Å². The highest BCUT2D eigenvalue weighted by molar-refractivity contribution is 8.13. The van der Waals surface area contributed by atoms with Gasteiger partial charge in [-0.2, -0.15) is 17.0 Å². The third-order valence-electron chi connectivity index (χ3n) is 1.87. The molecular formula is C10H19N3S2. The normalized spacial score (nSPS) is 11.1. The molecule has 0 heterocycles. The first kappa shape index (κ1) is 14.7. The van der Waals surface area contributed by atoms with E-state index in [9.17, 15) is 0 Å². The maximum absolute atomic E-state index is 8.41. The Kier molecular flexibility index (Phi) is 11.5. The zero-order valence-corrected chi connectivity index (χ0v) is 11.1. The van der Waals surface area contributed by atoms with E-state index >= 15 is 0 Å². The molecule has 1 N–H and O–H groups in total. The summed E-state index contributed by atoms with van der Waals surface area (Å²) in [6.45, 7) is 0.824. The lowest BCUT2D eigenvalue weighted by molar-refractivity contribution is 0.679. The van der Waals surface area contributed by atoms with Gasteiger partial charge in [-0.05, 0) is 31.1 Å². The minimum Gasteiger partial charge on any atom is -0.272 e. The summed E-state index contributed by atoms with van der Waals surface area (Å²) in [6, 6.07) is 0. The molecule has 0 rings (SSSR count). The SMILES string of the molecule is CSCCCCCCN=C(NC#N)SC. The van der Waals surface area contributed by atoms with E-state index < -0.39 is 0 Å². The van der Waals surface area contributed by atoms with Gasteiger partial charge in [0, 0.05) is 6.54 Å². The summed E-state index contributed by atoms with van der Waals surface area (Å²) >= 11 is 3.38. The Labute approximate surface area is 101 Å². The van der Waals surface area contributed by atoms with Crippen LogP contribution in [0.5, 0.6) is 0 Å². The first-order chi connectivity index (χ1) is 7.35. The largest absolute Gasteiger partial charge is 0.272 e. The van der Waals surface area contributed by atoms with Crippen molar-refractivity contribution in [2.24, 2.45) is 4.99 Å². The van der Waals surface area contributed by atoms with Gasteiger partial charge >= 0.3 is 0 Å². The van der Waals surface area contributed by atoms with Gasteiger partial charge in [0.2, 0.25) is 0 Å². The number of rotatable bonds is 7. The van der Waals surface area contributed by atoms with E-state index in [1.165, 1.54) is 36.8 Å². The van der Waals surface area contributed by atoms with Crippen LogP contribution in [0.15, 0.2) is 4.99 Å². The van der Waals surface area contributed by atoms with Crippen molar-refractivity contribution >= 4 is 28.7 Å². The fraction of sp³-hybridized carbons (Fsp3) is 0.800. The van der Waals surface area contributed by atoms with E-state index in [2.05, 4.69) is 16.6 Å². The highest BCUT2D eigenvalue weighted by atomic mass is 32.2. The Morgan fingerprint density at radius 3 is 2.60 bits per heavy atom. The van der Waals surface area contributed by atoms with Crippen molar-refractivity contribution in [2.45, 2.75) is 25.7 Å². The molecule has 3 nitrogen and oxygen atoms in total. The van der Waals surface area contributed by atoms with Crippen molar-refractivity contribution in [1.82, 2.24) is 5.32 Å². The van der Waals surface area contributed by atoms with Crippen molar-refractivity contribution < 1.29 is 0 Å². The van der Waals surface area contributed by atoms with Gasteiger partial charge in [-0.3, -0.25) is 10.3 Å². The lowest BCUT2D eigenvalue weighted by atomic mass is 10.2. The molecule has 0 saturated heterocycles. The topological polar surface area (TPSA) is 48.2 Å². The van der Waals surface area contributed by atoms with E-state index in [-0.39, 0.29) is 0 Å². The predicted octanol–water partition coefficient (Wildman–Crippen LogP) is 2.70. The molecule has 0 radical (unpaired) electrons. The first-order valence-corrected chi connectivity index (χ1v) is 7.69. The summed E-state index contributed by atoms with van der Waals surface area (Å²) in [5.41, 5.74) is 0. The third kappa shape index (κ3) is 9.95. The fourth-order valence-electron chi connectivity index (χ4n) is 1.10. The van der Waals surface area contributed by atoms with Crippen LogP contribution in [0.1, 0.15) is 25.7 Å². The van der Waals surface area contributed by atoms with E-state index in [0.717, 1.165) is 18.1 Å². The van der Waals surface area contributed by atoms with E-state index in [0.29, 0.717) is 0 Å².